The number of hydrogen-bond donors (Lipinski definition) is 0. The fraction of sp³-hybridized carbons (Fsp3) is 0.192. The van der Waals surface area contributed by atoms with E-state index >= 15 is 0 Å². The maximum absolute atomic E-state index is 13.5. The monoisotopic (exact) mass is 468 g/mol. The Morgan fingerprint density at radius 2 is 1.85 bits per heavy atom. The van der Waals surface area contributed by atoms with Gasteiger partial charge in [0.15, 0.2) is 11.0 Å². The van der Waals surface area contributed by atoms with Crippen LogP contribution >= 0.6 is 11.8 Å². The number of carbonyl (C=O) groups excluding carboxylic acids is 1. The summed E-state index contributed by atoms with van der Waals surface area (Å²) in [5.41, 5.74) is 3.61. The summed E-state index contributed by atoms with van der Waals surface area (Å²) in [6.45, 7) is 4.22. The Bertz CT molecular complexity index is 1300. The minimum atomic E-state index is -0.451. The van der Waals surface area contributed by atoms with Crippen molar-refractivity contribution in [1.29, 1.82) is 5.26 Å². The van der Waals surface area contributed by atoms with E-state index in [1.807, 2.05) is 85.1 Å². The lowest BCUT2D eigenvalue weighted by atomic mass is 10.2. The van der Waals surface area contributed by atoms with Gasteiger partial charge in [-0.1, -0.05) is 48.2 Å². The van der Waals surface area contributed by atoms with Crippen molar-refractivity contribution in [3.63, 3.8) is 0 Å². The predicted molar refractivity (Wildman–Crippen MR) is 134 cm³/mol. The number of amides is 1. The lowest BCUT2D eigenvalue weighted by Gasteiger charge is -2.25. The molecule has 0 aliphatic rings. The number of aromatic nitrogens is 4. The van der Waals surface area contributed by atoms with E-state index in [0.29, 0.717) is 17.5 Å². The smallest absolute Gasteiger partial charge is 0.240 e. The van der Waals surface area contributed by atoms with Gasteiger partial charge >= 0.3 is 0 Å². The molecule has 34 heavy (non-hydrogen) atoms. The summed E-state index contributed by atoms with van der Waals surface area (Å²) >= 11 is 1.35. The zero-order chi connectivity index (χ0) is 23.9. The minimum Gasteiger partial charge on any atom is -0.310 e. The minimum absolute atomic E-state index is 0.0892. The molecular weight excluding hydrogens is 444 g/mol. The van der Waals surface area contributed by atoms with Crippen LogP contribution in [0.2, 0.25) is 0 Å². The summed E-state index contributed by atoms with van der Waals surface area (Å²) in [5, 5.41) is 18.2. The van der Waals surface area contributed by atoms with Gasteiger partial charge in [0.2, 0.25) is 5.91 Å². The summed E-state index contributed by atoms with van der Waals surface area (Å²) < 4.78 is 1.98. The molecule has 2 aromatic heterocycles. The van der Waals surface area contributed by atoms with E-state index in [0.717, 1.165) is 22.5 Å². The number of para-hydroxylation sites is 2. The first-order valence-corrected chi connectivity index (χ1v) is 11.8. The Morgan fingerprint density at radius 1 is 1.09 bits per heavy atom. The molecule has 0 fully saturated rings. The van der Waals surface area contributed by atoms with Gasteiger partial charge < -0.3 is 4.90 Å². The van der Waals surface area contributed by atoms with Crippen LogP contribution < -0.4 is 4.90 Å². The van der Waals surface area contributed by atoms with Crippen molar-refractivity contribution in [1.82, 2.24) is 19.7 Å². The van der Waals surface area contributed by atoms with Crippen LogP contribution in [-0.4, -0.2) is 37.5 Å². The van der Waals surface area contributed by atoms with Crippen LogP contribution in [0, 0.1) is 18.3 Å². The average Bonchev–Trinajstić information content (AvgIpc) is 3.28. The second-order valence-electron chi connectivity index (χ2n) is 7.66. The molecule has 1 atom stereocenters. The molecule has 0 aliphatic heterocycles. The van der Waals surface area contributed by atoms with Crippen LogP contribution in [0.25, 0.3) is 17.1 Å². The number of pyridine rings is 1. The zero-order valence-electron chi connectivity index (χ0n) is 19.0. The van der Waals surface area contributed by atoms with Gasteiger partial charge in [-0.25, -0.2) is 0 Å². The van der Waals surface area contributed by atoms with Gasteiger partial charge in [-0.15, -0.1) is 10.2 Å². The molecule has 2 heterocycles. The zero-order valence-corrected chi connectivity index (χ0v) is 19.8. The number of benzene rings is 2. The molecule has 1 unspecified atom stereocenters. The van der Waals surface area contributed by atoms with Gasteiger partial charge in [-0.2, -0.15) is 5.26 Å². The Labute approximate surface area is 203 Å². The van der Waals surface area contributed by atoms with E-state index in [9.17, 15) is 4.79 Å². The molecule has 0 radical (unpaired) electrons. The maximum Gasteiger partial charge on any atom is 0.240 e. The lowest BCUT2D eigenvalue weighted by molar-refractivity contribution is -0.117. The highest BCUT2D eigenvalue weighted by Crippen LogP contribution is 2.32. The molecule has 0 aliphatic carbocycles. The summed E-state index contributed by atoms with van der Waals surface area (Å²) in [4.78, 5) is 19.4. The second kappa shape index (κ2) is 10.8. The molecular formula is C26H24N6OS. The molecule has 4 rings (SSSR count). The molecule has 0 saturated heterocycles. The van der Waals surface area contributed by atoms with E-state index in [2.05, 4.69) is 21.3 Å². The lowest BCUT2D eigenvalue weighted by Crippen LogP contribution is -2.37. The number of anilines is 1. The molecule has 4 aromatic rings. The van der Waals surface area contributed by atoms with E-state index in [-0.39, 0.29) is 12.3 Å². The van der Waals surface area contributed by atoms with E-state index in [1.165, 1.54) is 11.8 Å². The van der Waals surface area contributed by atoms with Crippen molar-refractivity contribution in [2.45, 2.75) is 30.7 Å². The maximum atomic E-state index is 13.5. The first kappa shape index (κ1) is 23.2. The fourth-order valence-electron chi connectivity index (χ4n) is 3.62. The first-order chi connectivity index (χ1) is 16.6. The molecule has 7 nitrogen and oxygen atoms in total. The molecule has 0 spiro atoms. The van der Waals surface area contributed by atoms with Crippen molar-refractivity contribution >= 4 is 23.4 Å². The number of aryl methyl sites for hydroxylation is 1. The highest BCUT2D eigenvalue weighted by atomic mass is 32.2. The summed E-state index contributed by atoms with van der Waals surface area (Å²) in [6.07, 6.45) is 3.72. The molecule has 170 valence electrons. The third-order valence-corrected chi connectivity index (χ3v) is 6.35. The summed E-state index contributed by atoms with van der Waals surface area (Å²) in [6, 6.07) is 23.4. The third-order valence-electron chi connectivity index (χ3n) is 5.32. The van der Waals surface area contributed by atoms with Crippen molar-refractivity contribution in [2.75, 3.05) is 11.4 Å². The van der Waals surface area contributed by atoms with Gasteiger partial charge in [0, 0.05) is 30.2 Å². The first-order valence-electron chi connectivity index (χ1n) is 10.9. The van der Waals surface area contributed by atoms with E-state index in [1.54, 1.807) is 17.3 Å². The number of hydrogen-bond acceptors (Lipinski definition) is 6. The Balaban J connectivity index is 1.69. The van der Waals surface area contributed by atoms with Crippen LogP contribution in [0.4, 0.5) is 5.69 Å². The number of carbonyl (C=O) groups is 1. The topological polar surface area (TPSA) is 87.7 Å². The highest BCUT2D eigenvalue weighted by molar-refractivity contribution is 8.00. The molecule has 0 saturated carbocycles. The van der Waals surface area contributed by atoms with Crippen molar-refractivity contribution < 1.29 is 4.79 Å². The number of thioether (sulfide) groups is 1. The van der Waals surface area contributed by atoms with Gasteiger partial charge in [0.1, 0.15) is 0 Å². The van der Waals surface area contributed by atoms with Gasteiger partial charge in [0.05, 0.1) is 23.4 Å². The van der Waals surface area contributed by atoms with E-state index < -0.39 is 5.25 Å². The van der Waals surface area contributed by atoms with Gasteiger partial charge in [0.25, 0.3) is 0 Å². The van der Waals surface area contributed by atoms with Gasteiger partial charge in [-0.05, 0) is 49.7 Å². The quantitative estimate of drug-likeness (QED) is 0.336. The fourth-order valence-corrected chi connectivity index (χ4v) is 4.55. The number of nitriles is 1. The normalized spacial score (nSPS) is 11.6. The predicted octanol–water partition coefficient (Wildman–Crippen LogP) is 5.07. The van der Waals surface area contributed by atoms with E-state index in [4.69, 9.17) is 5.26 Å². The Morgan fingerprint density at radius 3 is 2.56 bits per heavy atom. The molecule has 1 amide bonds. The van der Waals surface area contributed by atoms with Gasteiger partial charge in [-0.3, -0.25) is 14.3 Å². The largest absolute Gasteiger partial charge is 0.310 e. The highest BCUT2D eigenvalue weighted by Gasteiger charge is 2.26. The van der Waals surface area contributed by atoms with Crippen LogP contribution in [0.1, 0.15) is 18.9 Å². The van der Waals surface area contributed by atoms with Crippen LogP contribution in [0.15, 0.2) is 84.3 Å². The molecule has 8 heteroatoms. The summed E-state index contributed by atoms with van der Waals surface area (Å²) in [5.74, 6) is 0.572. The summed E-state index contributed by atoms with van der Waals surface area (Å²) in [7, 11) is 0. The van der Waals surface area contributed by atoms with Crippen LogP contribution in [-0.2, 0) is 4.79 Å². The van der Waals surface area contributed by atoms with Crippen molar-refractivity contribution in [2.24, 2.45) is 0 Å². The molecule has 0 bridgehead atoms. The number of nitrogens with zero attached hydrogens (tertiary/aromatic N) is 6. The third kappa shape index (κ3) is 5.00. The van der Waals surface area contributed by atoms with Crippen LogP contribution in [0.5, 0.6) is 0 Å². The SMILES string of the molecule is Cc1ccccc1-n1c(SC(C)C(=O)N(CCC#N)c2ccccc2)nnc1-c1cccnc1. The van der Waals surface area contributed by atoms with Crippen molar-refractivity contribution in [3.05, 3.63) is 84.7 Å². The Kier molecular flexibility index (Phi) is 7.35. The second-order valence-corrected chi connectivity index (χ2v) is 8.97. The van der Waals surface area contributed by atoms with Crippen LogP contribution in [0.3, 0.4) is 0 Å². The average molecular weight is 469 g/mol. The van der Waals surface area contributed by atoms with Crippen molar-refractivity contribution in [3.8, 4) is 23.1 Å². The standard InChI is InChI=1S/C26H24N6OS/c1-19-10-6-7-14-23(19)32-24(21-11-8-16-28-18-21)29-30-26(32)34-20(2)25(33)31(17-9-15-27)22-12-4-3-5-13-22/h3-8,10-14,16,18,20H,9,17H2,1-2H3. The Hall–Kier alpha value is -3.96. The molecule has 0 N–H and O–H groups in total. The number of rotatable bonds is 8. The molecule has 2 aromatic carbocycles.